The Bertz CT molecular complexity index is 923. The van der Waals surface area contributed by atoms with Crippen molar-refractivity contribution in [3.8, 4) is 27.8 Å². The number of esters is 1. The lowest BCUT2D eigenvalue weighted by Gasteiger charge is -2.13. The maximum Gasteiger partial charge on any atom is 0.347 e. The fourth-order valence-electron chi connectivity index (χ4n) is 2.49. The van der Waals surface area contributed by atoms with Gasteiger partial charge in [0.25, 0.3) is 0 Å². The fourth-order valence-corrected chi connectivity index (χ4v) is 3.32. The molecule has 1 atom stereocenters. The number of hydrogen-bond donors (Lipinski definition) is 0. The number of benzene rings is 2. The molecule has 2 aromatic carbocycles. The normalized spacial score (nSPS) is 11.5. The predicted molar refractivity (Wildman–Crippen MR) is 107 cm³/mol. The number of carbonyl (C=O) groups is 1. The van der Waals surface area contributed by atoms with Gasteiger partial charge in [-0.25, -0.2) is 9.78 Å². The fraction of sp³-hybridized carbons (Fsp3) is 0.238. The molecular formula is C21H21NO5S. The first kappa shape index (κ1) is 19.7. The second kappa shape index (κ2) is 9.23. The third-order valence-electron chi connectivity index (χ3n) is 3.96. The Labute approximate surface area is 167 Å². The summed E-state index contributed by atoms with van der Waals surface area (Å²) in [6.45, 7) is 1.73. The predicted octanol–water partition coefficient (Wildman–Crippen LogP) is 4.34. The van der Waals surface area contributed by atoms with Gasteiger partial charge < -0.3 is 18.9 Å². The molecule has 1 aromatic heterocycles. The Morgan fingerprint density at radius 2 is 1.75 bits per heavy atom. The van der Waals surface area contributed by atoms with Gasteiger partial charge in [0.1, 0.15) is 28.9 Å². The highest BCUT2D eigenvalue weighted by Gasteiger charge is 2.18. The number of rotatable bonds is 8. The largest absolute Gasteiger partial charge is 0.497 e. The summed E-state index contributed by atoms with van der Waals surface area (Å²) in [5.41, 5.74) is 1.58. The van der Waals surface area contributed by atoms with Crippen molar-refractivity contribution >= 4 is 17.3 Å². The number of ether oxygens (including phenoxy) is 4. The first-order valence-corrected chi connectivity index (χ1v) is 9.54. The molecular weight excluding hydrogens is 378 g/mol. The van der Waals surface area contributed by atoms with E-state index in [-0.39, 0.29) is 6.61 Å². The van der Waals surface area contributed by atoms with E-state index in [0.29, 0.717) is 11.4 Å². The van der Waals surface area contributed by atoms with Crippen LogP contribution < -0.4 is 14.2 Å². The van der Waals surface area contributed by atoms with Gasteiger partial charge in [0.05, 0.1) is 25.5 Å². The minimum absolute atomic E-state index is 0.0841. The Kier molecular flexibility index (Phi) is 6.49. The van der Waals surface area contributed by atoms with E-state index in [1.165, 1.54) is 11.3 Å². The summed E-state index contributed by atoms with van der Waals surface area (Å²) >= 11 is 1.47. The smallest absolute Gasteiger partial charge is 0.347 e. The lowest BCUT2D eigenvalue weighted by Crippen LogP contribution is -2.26. The summed E-state index contributed by atoms with van der Waals surface area (Å²) in [5.74, 6) is 1.58. The average molecular weight is 399 g/mol. The molecule has 0 amide bonds. The minimum atomic E-state index is -0.735. The number of carbonyl (C=O) groups excluding carboxylic acids is 1. The van der Waals surface area contributed by atoms with Gasteiger partial charge in [-0.1, -0.05) is 12.1 Å². The zero-order valence-electron chi connectivity index (χ0n) is 15.9. The molecule has 28 heavy (non-hydrogen) atoms. The summed E-state index contributed by atoms with van der Waals surface area (Å²) < 4.78 is 21.4. The van der Waals surface area contributed by atoms with Crippen molar-refractivity contribution in [2.45, 2.75) is 19.6 Å². The molecule has 0 N–H and O–H groups in total. The van der Waals surface area contributed by atoms with E-state index in [1.807, 2.05) is 29.6 Å². The van der Waals surface area contributed by atoms with Crippen LogP contribution in [0.1, 0.15) is 12.6 Å². The quantitative estimate of drug-likeness (QED) is 0.525. The van der Waals surface area contributed by atoms with Gasteiger partial charge in [-0.3, -0.25) is 0 Å². The van der Waals surface area contributed by atoms with E-state index in [9.17, 15) is 4.79 Å². The van der Waals surface area contributed by atoms with Crippen LogP contribution in [0.25, 0.3) is 10.6 Å². The maximum absolute atomic E-state index is 12.2. The van der Waals surface area contributed by atoms with Crippen LogP contribution in [0.5, 0.6) is 17.2 Å². The van der Waals surface area contributed by atoms with Gasteiger partial charge in [0, 0.05) is 5.38 Å². The number of hydrogen-bond acceptors (Lipinski definition) is 7. The van der Waals surface area contributed by atoms with Crippen LogP contribution in [0.2, 0.25) is 0 Å². The third-order valence-corrected chi connectivity index (χ3v) is 4.88. The third kappa shape index (κ3) is 4.80. The Morgan fingerprint density at radius 1 is 1.04 bits per heavy atom. The van der Waals surface area contributed by atoms with Crippen LogP contribution in [0.15, 0.2) is 53.9 Å². The summed E-state index contributed by atoms with van der Waals surface area (Å²) in [5, 5.41) is 2.68. The van der Waals surface area contributed by atoms with Crippen LogP contribution in [0.3, 0.4) is 0 Å². The molecule has 0 bridgehead atoms. The molecule has 3 aromatic rings. The van der Waals surface area contributed by atoms with Gasteiger partial charge in [0.15, 0.2) is 6.10 Å². The van der Waals surface area contributed by atoms with Gasteiger partial charge in [-0.2, -0.15) is 0 Å². The van der Waals surface area contributed by atoms with Crippen molar-refractivity contribution in [2.24, 2.45) is 0 Å². The number of thiazole rings is 1. The second-order valence-corrected chi connectivity index (χ2v) is 6.75. The van der Waals surface area contributed by atoms with Gasteiger partial charge >= 0.3 is 5.97 Å². The summed E-state index contributed by atoms with van der Waals surface area (Å²) in [7, 11) is 3.22. The zero-order chi connectivity index (χ0) is 19.9. The van der Waals surface area contributed by atoms with Crippen molar-refractivity contribution in [1.29, 1.82) is 0 Å². The van der Waals surface area contributed by atoms with Crippen LogP contribution >= 0.6 is 11.3 Å². The van der Waals surface area contributed by atoms with Crippen LogP contribution in [-0.2, 0) is 16.1 Å². The highest BCUT2D eigenvalue weighted by molar-refractivity contribution is 7.13. The summed E-state index contributed by atoms with van der Waals surface area (Å²) in [6, 6.07) is 14.7. The van der Waals surface area contributed by atoms with E-state index in [1.54, 1.807) is 45.4 Å². The molecule has 0 saturated carbocycles. The van der Waals surface area contributed by atoms with Crippen molar-refractivity contribution in [3.63, 3.8) is 0 Å². The summed E-state index contributed by atoms with van der Waals surface area (Å²) in [6.07, 6.45) is -0.735. The molecule has 0 saturated heterocycles. The molecule has 7 heteroatoms. The number of para-hydroxylation sites is 1. The number of methoxy groups -OCH3 is 2. The molecule has 0 aliphatic rings. The van der Waals surface area contributed by atoms with Gasteiger partial charge in [-0.05, 0) is 43.3 Å². The van der Waals surface area contributed by atoms with E-state index in [2.05, 4.69) is 4.98 Å². The topological polar surface area (TPSA) is 66.9 Å². The maximum atomic E-state index is 12.2. The average Bonchev–Trinajstić information content (AvgIpc) is 3.21. The Balaban J connectivity index is 1.56. The molecule has 0 radical (unpaired) electrons. The first-order chi connectivity index (χ1) is 13.6. The highest BCUT2D eigenvalue weighted by atomic mass is 32.1. The van der Waals surface area contributed by atoms with E-state index in [4.69, 9.17) is 18.9 Å². The lowest BCUT2D eigenvalue weighted by molar-refractivity contribution is -0.152. The molecule has 146 valence electrons. The van der Waals surface area contributed by atoms with E-state index in [0.717, 1.165) is 22.1 Å². The number of aromatic nitrogens is 1. The molecule has 1 heterocycles. The molecule has 1 unspecified atom stereocenters. The van der Waals surface area contributed by atoms with Crippen LogP contribution in [-0.4, -0.2) is 31.3 Å². The SMILES string of the molecule is COc1ccc(OC(C)C(=O)OCc2csc(-c3ccccc3OC)n2)cc1. The summed E-state index contributed by atoms with van der Waals surface area (Å²) in [4.78, 5) is 16.7. The molecule has 6 nitrogen and oxygen atoms in total. The Hall–Kier alpha value is -3.06. The molecule has 3 rings (SSSR count). The number of nitrogens with zero attached hydrogens (tertiary/aromatic N) is 1. The lowest BCUT2D eigenvalue weighted by atomic mass is 10.2. The van der Waals surface area contributed by atoms with E-state index >= 15 is 0 Å². The van der Waals surface area contributed by atoms with Crippen molar-refractivity contribution in [1.82, 2.24) is 4.98 Å². The molecule has 0 aliphatic heterocycles. The monoisotopic (exact) mass is 399 g/mol. The van der Waals surface area contributed by atoms with Crippen LogP contribution in [0.4, 0.5) is 0 Å². The first-order valence-electron chi connectivity index (χ1n) is 8.66. The van der Waals surface area contributed by atoms with Gasteiger partial charge in [0.2, 0.25) is 0 Å². The molecule has 0 fully saturated rings. The van der Waals surface area contributed by atoms with Crippen molar-refractivity contribution in [2.75, 3.05) is 14.2 Å². The second-order valence-electron chi connectivity index (χ2n) is 5.89. The van der Waals surface area contributed by atoms with Crippen LogP contribution in [0, 0.1) is 0 Å². The highest BCUT2D eigenvalue weighted by Crippen LogP contribution is 2.32. The molecule has 0 spiro atoms. The van der Waals surface area contributed by atoms with Gasteiger partial charge in [-0.15, -0.1) is 11.3 Å². The zero-order valence-corrected chi connectivity index (χ0v) is 16.7. The Morgan fingerprint density at radius 3 is 2.46 bits per heavy atom. The van der Waals surface area contributed by atoms with E-state index < -0.39 is 12.1 Å². The van der Waals surface area contributed by atoms with Crippen molar-refractivity contribution in [3.05, 3.63) is 59.6 Å². The standard InChI is InChI=1S/C21H21NO5S/c1-14(27-17-10-8-16(24-2)9-11-17)21(23)26-12-15-13-28-20(22-15)18-6-4-5-7-19(18)25-3/h4-11,13-14H,12H2,1-3H3. The minimum Gasteiger partial charge on any atom is -0.497 e. The molecule has 0 aliphatic carbocycles. The van der Waals surface area contributed by atoms with Crippen molar-refractivity contribution < 1.29 is 23.7 Å².